The number of Topliss-reactive ketones (excluding diaryl/α,β-unsaturated/α-hetero) is 1. The summed E-state index contributed by atoms with van der Waals surface area (Å²) in [6, 6.07) is 14.3. The molecule has 4 rings (SSSR count). The highest BCUT2D eigenvalue weighted by Crippen LogP contribution is 2.41. The molecule has 27 heavy (non-hydrogen) atoms. The van der Waals surface area contributed by atoms with E-state index in [9.17, 15) is 9.90 Å². The van der Waals surface area contributed by atoms with Crippen LogP contribution in [0.1, 0.15) is 23.2 Å². The Hall–Kier alpha value is -2.53. The molecule has 1 aliphatic heterocycles. The summed E-state index contributed by atoms with van der Waals surface area (Å²) < 4.78 is 11.6. The quantitative estimate of drug-likeness (QED) is 0.794. The third-order valence-electron chi connectivity index (χ3n) is 5.70. The third kappa shape index (κ3) is 3.93. The summed E-state index contributed by atoms with van der Waals surface area (Å²) in [7, 11) is 1.66. The maximum atomic E-state index is 12.4. The summed E-state index contributed by atoms with van der Waals surface area (Å²) in [5, 5.41) is 9.35. The molecule has 1 saturated carbocycles. The summed E-state index contributed by atoms with van der Waals surface area (Å²) >= 11 is 0. The summed E-state index contributed by atoms with van der Waals surface area (Å²) in [6.07, 6.45) is 2.26. The number of methoxy groups -OCH3 is 1. The van der Waals surface area contributed by atoms with E-state index in [0.717, 1.165) is 37.4 Å². The number of fused-ring (bicyclic) bond motifs is 1. The average Bonchev–Trinajstić information content (AvgIpc) is 3.20. The Labute approximate surface area is 159 Å². The van der Waals surface area contributed by atoms with Gasteiger partial charge in [-0.2, -0.15) is 0 Å². The Morgan fingerprint density at radius 3 is 2.30 bits per heavy atom. The summed E-state index contributed by atoms with van der Waals surface area (Å²) in [5.41, 5.74) is 0.655. The van der Waals surface area contributed by atoms with Gasteiger partial charge in [0.1, 0.15) is 5.75 Å². The minimum absolute atomic E-state index is 0.108. The van der Waals surface area contributed by atoms with Gasteiger partial charge >= 0.3 is 0 Å². The topological polar surface area (TPSA) is 59.0 Å². The second kappa shape index (κ2) is 7.61. The number of carbonyl (C=O) groups excluding carboxylic acids is 1. The molecule has 0 amide bonds. The van der Waals surface area contributed by atoms with Gasteiger partial charge in [0.2, 0.25) is 0 Å². The number of nitrogens with zero attached hydrogens (tertiary/aromatic N) is 1. The molecule has 2 fully saturated rings. The maximum Gasteiger partial charge on any atom is 0.176 e. The first kappa shape index (κ1) is 17.9. The molecule has 142 valence electrons. The van der Waals surface area contributed by atoms with Crippen molar-refractivity contribution in [3.63, 3.8) is 0 Å². The van der Waals surface area contributed by atoms with Crippen LogP contribution >= 0.6 is 0 Å². The largest absolute Gasteiger partial charge is 0.508 e. The fraction of sp³-hybridized carbons (Fsp3) is 0.409. The molecule has 2 aromatic carbocycles. The standard InChI is InChI=1S/C22H25NO4/c1-26-21-4-2-3-5-22(21)27-19-10-16-12-23(13-17(16)11-19)14-20(25)15-6-8-18(24)9-7-15/h2-9,16-17,19,24H,10-14H2,1H3/t16-,17+,19+. The van der Waals surface area contributed by atoms with E-state index < -0.39 is 0 Å². The van der Waals surface area contributed by atoms with Crippen molar-refractivity contribution in [1.82, 2.24) is 4.90 Å². The molecular formula is C22H25NO4. The van der Waals surface area contributed by atoms with E-state index in [1.54, 1.807) is 31.4 Å². The van der Waals surface area contributed by atoms with Gasteiger partial charge in [-0.15, -0.1) is 0 Å². The highest BCUT2D eigenvalue weighted by atomic mass is 16.5. The first-order valence-corrected chi connectivity index (χ1v) is 9.46. The van der Waals surface area contributed by atoms with E-state index in [0.29, 0.717) is 23.9 Å². The Morgan fingerprint density at radius 2 is 1.67 bits per heavy atom. The number of ether oxygens (including phenoxy) is 2. The number of phenolic OH excluding ortho intramolecular Hbond substituents is 1. The molecule has 2 aromatic rings. The predicted molar refractivity (Wildman–Crippen MR) is 103 cm³/mol. The molecule has 2 aliphatic rings. The van der Waals surface area contributed by atoms with Crippen molar-refractivity contribution in [2.75, 3.05) is 26.7 Å². The normalized spacial score (nSPS) is 24.6. The molecule has 3 atom stereocenters. The number of carbonyl (C=O) groups is 1. The number of rotatable bonds is 6. The van der Waals surface area contributed by atoms with E-state index in [1.165, 1.54) is 0 Å². The van der Waals surface area contributed by atoms with E-state index in [1.807, 2.05) is 24.3 Å². The smallest absolute Gasteiger partial charge is 0.176 e. The Kier molecular flexibility index (Phi) is 5.03. The summed E-state index contributed by atoms with van der Waals surface area (Å²) in [5.74, 6) is 3.04. The third-order valence-corrected chi connectivity index (χ3v) is 5.70. The van der Waals surface area contributed by atoms with Crippen LogP contribution in [-0.4, -0.2) is 48.6 Å². The van der Waals surface area contributed by atoms with Gasteiger partial charge in [0.25, 0.3) is 0 Å². The lowest BCUT2D eigenvalue weighted by Crippen LogP contribution is -2.30. The van der Waals surface area contributed by atoms with Crippen molar-refractivity contribution in [1.29, 1.82) is 0 Å². The molecule has 1 heterocycles. The van der Waals surface area contributed by atoms with Gasteiger partial charge < -0.3 is 14.6 Å². The van der Waals surface area contributed by atoms with Crippen LogP contribution in [0.5, 0.6) is 17.2 Å². The van der Waals surface area contributed by atoms with Crippen LogP contribution < -0.4 is 9.47 Å². The highest BCUT2D eigenvalue weighted by molar-refractivity contribution is 5.97. The monoisotopic (exact) mass is 367 g/mol. The lowest BCUT2D eigenvalue weighted by molar-refractivity contribution is 0.0936. The molecule has 5 nitrogen and oxygen atoms in total. The molecular weight excluding hydrogens is 342 g/mol. The lowest BCUT2D eigenvalue weighted by Gasteiger charge is -2.20. The number of ketones is 1. The first-order valence-electron chi connectivity index (χ1n) is 9.46. The Morgan fingerprint density at radius 1 is 1.04 bits per heavy atom. The van der Waals surface area contributed by atoms with Crippen LogP contribution in [0.2, 0.25) is 0 Å². The fourth-order valence-electron chi connectivity index (χ4n) is 4.40. The minimum Gasteiger partial charge on any atom is -0.508 e. The van der Waals surface area contributed by atoms with Gasteiger partial charge in [-0.25, -0.2) is 0 Å². The average molecular weight is 367 g/mol. The second-order valence-corrected chi connectivity index (χ2v) is 7.55. The van der Waals surface area contributed by atoms with E-state index in [4.69, 9.17) is 9.47 Å². The van der Waals surface area contributed by atoms with Gasteiger partial charge in [-0.1, -0.05) is 12.1 Å². The van der Waals surface area contributed by atoms with Crippen molar-refractivity contribution in [3.8, 4) is 17.2 Å². The second-order valence-electron chi connectivity index (χ2n) is 7.55. The number of phenols is 1. The zero-order chi connectivity index (χ0) is 18.8. The summed E-state index contributed by atoms with van der Waals surface area (Å²) in [6.45, 7) is 2.33. The number of benzene rings is 2. The first-order chi connectivity index (χ1) is 13.1. The predicted octanol–water partition coefficient (Wildman–Crippen LogP) is 3.37. The molecule has 1 saturated heterocycles. The van der Waals surface area contributed by atoms with Gasteiger partial charge in [0.15, 0.2) is 17.3 Å². The molecule has 1 aliphatic carbocycles. The number of para-hydroxylation sites is 2. The summed E-state index contributed by atoms with van der Waals surface area (Å²) in [4.78, 5) is 14.7. The molecule has 0 unspecified atom stereocenters. The van der Waals surface area contributed by atoms with Crippen LogP contribution in [0.15, 0.2) is 48.5 Å². The van der Waals surface area contributed by atoms with E-state index in [2.05, 4.69) is 4.90 Å². The molecule has 0 aromatic heterocycles. The van der Waals surface area contributed by atoms with Gasteiger partial charge in [0, 0.05) is 18.7 Å². The molecule has 5 heteroatoms. The van der Waals surface area contributed by atoms with Crippen LogP contribution in [0, 0.1) is 11.8 Å². The van der Waals surface area contributed by atoms with E-state index in [-0.39, 0.29) is 17.6 Å². The van der Waals surface area contributed by atoms with Gasteiger partial charge in [-0.3, -0.25) is 9.69 Å². The van der Waals surface area contributed by atoms with Crippen molar-refractivity contribution in [2.45, 2.75) is 18.9 Å². The molecule has 0 bridgehead atoms. The number of hydrogen-bond donors (Lipinski definition) is 1. The SMILES string of the molecule is COc1ccccc1O[C@H]1C[C@@H]2CN(CC(=O)c3ccc(O)cc3)C[C@@H]2C1. The molecule has 0 spiro atoms. The zero-order valence-electron chi connectivity index (χ0n) is 15.5. The number of hydrogen-bond acceptors (Lipinski definition) is 5. The van der Waals surface area contributed by atoms with Gasteiger partial charge in [-0.05, 0) is 61.1 Å². The van der Waals surface area contributed by atoms with Crippen molar-refractivity contribution >= 4 is 5.78 Å². The van der Waals surface area contributed by atoms with Crippen LogP contribution in [0.4, 0.5) is 0 Å². The molecule has 1 N–H and O–H groups in total. The van der Waals surface area contributed by atoms with Crippen molar-refractivity contribution < 1.29 is 19.4 Å². The van der Waals surface area contributed by atoms with Crippen LogP contribution in [-0.2, 0) is 0 Å². The van der Waals surface area contributed by atoms with Crippen LogP contribution in [0.25, 0.3) is 0 Å². The Bertz CT molecular complexity index is 790. The highest BCUT2D eigenvalue weighted by Gasteiger charge is 2.42. The van der Waals surface area contributed by atoms with Crippen LogP contribution in [0.3, 0.4) is 0 Å². The van der Waals surface area contributed by atoms with Gasteiger partial charge in [0.05, 0.1) is 19.8 Å². The zero-order valence-corrected chi connectivity index (χ0v) is 15.5. The fourth-order valence-corrected chi connectivity index (χ4v) is 4.40. The minimum atomic E-state index is 0.108. The Balaban J connectivity index is 1.30. The lowest BCUT2D eigenvalue weighted by atomic mass is 10.0. The van der Waals surface area contributed by atoms with Crippen molar-refractivity contribution in [3.05, 3.63) is 54.1 Å². The van der Waals surface area contributed by atoms with Crippen molar-refractivity contribution in [2.24, 2.45) is 11.8 Å². The maximum absolute atomic E-state index is 12.4. The number of likely N-dealkylation sites (tertiary alicyclic amines) is 1. The number of aromatic hydroxyl groups is 1. The van der Waals surface area contributed by atoms with E-state index >= 15 is 0 Å². The molecule has 0 radical (unpaired) electrons.